The first-order chi connectivity index (χ1) is 15.1. The molecule has 7 nitrogen and oxygen atoms in total. The lowest BCUT2D eigenvalue weighted by Gasteiger charge is -2.16. The van der Waals surface area contributed by atoms with Crippen molar-refractivity contribution < 1.29 is 18.3 Å². The van der Waals surface area contributed by atoms with Crippen LogP contribution in [0.25, 0.3) is 0 Å². The fourth-order valence-corrected chi connectivity index (χ4v) is 3.06. The molecule has 0 atom stereocenters. The Morgan fingerprint density at radius 1 is 1.06 bits per heavy atom. The molecule has 0 bridgehead atoms. The second-order valence-electron chi connectivity index (χ2n) is 6.60. The van der Waals surface area contributed by atoms with E-state index < -0.39 is 6.61 Å². The van der Waals surface area contributed by atoms with Gasteiger partial charge in [-0.3, -0.25) is 9.67 Å². The number of aromatic nitrogens is 2. The molecule has 0 saturated carbocycles. The Labute approximate surface area is 179 Å². The van der Waals surface area contributed by atoms with Crippen LogP contribution in [0, 0.1) is 0 Å². The first-order valence-corrected chi connectivity index (χ1v) is 9.69. The molecule has 0 amide bonds. The molecule has 1 heterocycles. The fraction of sp³-hybridized carbons (Fsp3) is 0.273. The van der Waals surface area contributed by atoms with Crippen molar-refractivity contribution >= 4 is 5.96 Å². The van der Waals surface area contributed by atoms with Crippen LogP contribution < -0.4 is 20.1 Å². The molecule has 0 radical (unpaired) electrons. The molecular weight excluding hydrogens is 404 g/mol. The number of nitrogens with one attached hydrogen (secondary N) is 2. The summed E-state index contributed by atoms with van der Waals surface area (Å²) in [6.45, 7) is -1.48. The third-order valence-corrected chi connectivity index (χ3v) is 4.61. The van der Waals surface area contributed by atoms with Crippen LogP contribution in [0.2, 0.25) is 0 Å². The Morgan fingerprint density at radius 2 is 1.81 bits per heavy atom. The van der Waals surface area contributed by atoms with Gasteiger partial charge in [0, 0.05) is 38.1 Å². The summed E-state index contributed by atoms with van der Waals surface area (Å²) in [7, 11) is 3.16. The predicted octanol–water partition coefficient (Wildman–Crippen LogP) is 3.41. The van der Waals surface area contributed by atoms with Crippen LogP contribution in [0.15, 0.2) is 65.9 Å². The van der Waals surface area contributed by atoms with Gasteiger partial charge in [-0.25, -0.2) is 0 Å². The van der Waals surface area contributed by atoms with Gasteiger partial charge in [0.25, 0.3) is 0 Å². The summed E-state index contributed by atoms with van der Waals surface area (Å²) in [6, 6.07) is 14.6. The van der Waals surface area contributed by atoms with Crippen LogP contribution in [0.3, 0.4) is 0 Å². The van der Waals surface area contributed by atoms with Crippen molar-refractivity contribution in [3.8, 4) is 11.5 Å². The van der Waals surface area contributed by atoms with Gasteiger partial charge in [0.05, 0.1) is 13.7 Å². The zero-order valence-corrected chi connectivity index (χ0v) is 17.4. The molecular formula is C22H25F2N5O2. The van der Waals surface area contributed by atoms with Crippen molar-refractivity contribution in [2.24, 2.45) is 4.99 Å². The highest BCUT2D eigenvalue weighted by Crippen LogP contribution is 2.25. The van der Waals surface area contributed by atoms with Crippen molar-refractivity contribution in [3.63, 3.8) is 0 Å². The van der Waals surface area contributed by atoms with E-state index in [4.69, 9.17) is 4.74 Å². The van der Waals surface area contributed by atoms with E-state index in [2.05, 4.69) is 31.5 Å². The number of guanidine groups is 1. The van der Waals surface area contributed by atoms with Crippen molar-refractivity contribution in [2.75, 3.05) is 14.2 Å². The van der Waals surface area contributed by atoms with Gasteiger partial charge < -0.3 is 20.1 Å². The normalized spacial score (nSPS) is 11.5. The maximum Gasteiger partial charge on any atom is 0.387 e. The van der Waals surface area contributed by atoms with Gasteiger partial charge >= 0.3 is 6.61 Å². The third kappa shape index (κ3) is 6.43. The highest BCUT2D eigenvalue weighted by molar-refractivity contribution is 5.79. The minimum absolute atomic E-state index is 0.0864. The summed E-state index contributed by atoms with van der Waals surface area (Å²) in [6.07, 6.45) is 3.66. The van der Waals surface area contributed by atoms with E-state index in [1.807, 2.05) is 35.1 Å². The van der Waals surface area contributed by atoms with E-state index >= 15 is 0 Å². The lowest BCUT2D eigenvalue weighted by atomic mass is 10.1. The minimum atomic E-state index is -2.91. The first kappa shape index (κ1) is 22.1. The highest BCUT2D eigenvalue weighted by Gasteiger charge is 2.12. The predicted molar refractivity (Wildman–Crippen MR) is 114 cm³/mol. The van der Waals surface area contributed by atoms with E-state index in [0.29, 0.717) is 30.4 Å². The molecule has 2 aromatic carbocycles. The average Bonchev–Trinajstić information content (AvgIpc) is 3.28. The molecule has 0 aliphatic carbocycles. The van der Waals surface area contributed by atoms with Crippen molar-refractivity contribution in [1.82, 2.24) is 20.4 Å². The molecule has 0 fully saturated rings. The Kier molecular flexibility index (Phi) is 7.80. The fourth-order valence-electron chi connectivity index (χ4n) is 3.06. The average molecular weight is 429 g/mol. The van der Waals surface area contributed by atoms with Crippen LogP contribution in [0.4, 0.5) is 8.78 Å². The Morgan fingerprint density at radius 3 is 2.45 bits per heavy atom. The number of aliphatic imine (C=N–C) groups is 1. The number of methoxy groups -OCH3 is 1. The maximum absolute atomic E-state index is 12.7. The van der Waals surface area contributed by atoms with Gasteiger partial charge in [-0.1, -0.05) is 24.3 Å². The van der Waals surface area contributed by atoms with Gasteiger partial charge in [-0.2, -0.15) is 13.9 Å². The molecule has 0 saturated heterocycles. The third-order valence-electron chi connectivity index (χ3n) is 4.61. The summed E-state index contributed by atoms with van der Waals surface area (Å²) < 4.78 is 37.1. The molecule has 0 unspecified atom stereocenters. The van der Waals surface area contributed by atoms with Crippen molar-refractivity contribution in [1.29, 1.82) is 0 Å². The molecule has 9 heteroatoms. The van der Waals surface area contributed by atoms with Gasteiger partial charge in [-0.05, 0) is 35.4 Å². The number of ether oxygens (including phenoxy) is 2. The molecule has 0 spiro atoms. The number of benzene rings is 2. The largest absolute Gasteiger partial charge is 0.497 e. The van der Waals surface area contributed by atoms with Gasteiger partial charge in [-0.15, -0.1) is 0 Å². The maximum atomic E-state index is 12.7. The van der Waals surface area contributed by atoms with Gasteiger partial charge in [0.15, 0.2) is 5.96 Å². The van der Waals surface area contributed by atoms with Crippen LogP contribution in [0.1, 0.15) is 16.7 Å². The van der Waals surface area contributed by atoms with Crippen molar-refractivity contribution in [2.45, 2.75) is 26.2 Å². The molecule has 3 aromatic rings. The topological polar surface area (TPSA) is 72.7 Å². The summed E-state index contributed by atoms with van der Waals surface area (Å²) in [5, 5.41) is 10.6. The summed E-state index contributed by atoms with van der Waals surface area (Å²) in [5.74, 6) is 1.16. The number of nitrogens with zero attached hydrogens (tertiary/aromatic N) is 3. The number of halogens is 2. The molecule has 0 aliphatic heterocycles. The quantitative estimate of drug-likeness (QED) is 0.403. The molecule has 1 aromatic heterocycles. The SMILES string of the molecule is CN=C(NCc1ccccc1Cn1cccn1)NCc1cc(OC)ccc1OC(F)F. The minimum Gasteiger partial charge on any atom is -0.497 e. The molecule has 2 N–H and O–H groups in total. The lowest BCUT2D eigenvalue weighted by molar-refractivity contribution is -0.0504. The first-order valence-electron chi connectivity index (χ1n) is 9.69. The van der Waals surface area contributed by atoms with Crippen LogP contribution in [-0.4, -0.2) is 36.5 Å². The smallest absolute Gasteiger partial charge is 0.387 e. The van der Waals surface area contributed by atoms with Crippen molar-refractivity contribution in [3.05, 3.63) is 77.6 Å². The Balaban J connectivity index is 1.64. The second kappa shape index (κ2) is 11.0. The van der Waals surface area contributed by atoms with Gasteiger partial charge in [0.2, 0.25) is 0 Å². The van der Waals surface area contributed by atoms with E-state index in [1.54, 1.807) is 25.4 Å². The lowest BCUT2D eigenvalue weighted by Crippen LogP contribution is -2.36. The summed E-state index contributed by atoms with van der Waals surface area (Å²) in [4.78, 5) is 4.21. The molecule has 0 aliphatic rings. The molecule has 164 valence electrons. The van der Waals surface area contributed by atoms with E-state index in [0.717, 1.165) is 11.1 Å². The number of rotatable bonds is 9. The highest BCUT2D eigenvalue weighted by atomic mass is 19.3. The Hall–Kier alpha value is -3.62. The van der Waals surface area contributed by atoms with E-state index in [-0.39, 0.29) is 12.3 Å². The number of alkyl halides is 2. The monoisotopic (exact) mass is 429 g/mol. The zero-order chi connectivity index (χ0) is 22.1. The second-order valence-corrected chi connectivity index (χ2v) is 6.60. The van der Waals surface area contributed by atoms with Crippen LogP contribution in [-0.2, 0) is 19.6 Å². The molecule has 31 heavy (non-hydrogen) atoms. The number of hydrogen-bond acceptors (Lipinski definition) is 4. The van der Waals surface area contributed by atoms with Crippen LogP contribution >= 0.6 is 0 Å². The standard InChI is InChI=1S/C22H25F2N5O2/c1-25-22(27-14-18-12-19(30-2)8-9-20(18)31-21(23)24)26-13-16-6-3-4-7-17(16)15-29-11-5-10-28-29/h3-12,21H,13-15H2,1-2H3,(H2,25,26,27). The van der Waals surface area contributed by atoms with E-state index in [1.165, 1.54) is 13.2 Å². The summed E-state index contributed by atoms with van der Waals surface area (Å²) in [5.41, 5.74) is 2.76. The molecule has 3 rings (SSSR count). The van der Waals surface area contributed by atoms with E-state index in [9.17, 15) is 8.78 Å². The zero-order valence-electron chi connectivity index (χ0n) is 17.4. The summed E-state index contributed by atoms with van der Waals surface area (Å²) >= 11 is 0. The van der Waals surface area contributed by atoms with Gasteiger partial charge in [0.1, 0.15) is 11.5 Å². The van der Waals surface area contributed by atoms with Crippen LogP contribution in [0.5, 0.6) is 11.5 Å². The number of hydrogen-bond donors (Lipinski definition) is 2. The Bertz CT molecular complexity index is 993.